The van der Waals surface area contributed by atoms with E-state index in [1.807, 2.05) is 38.1 Å². The summed E-state index contributed by atoms with van der Waals surface area (Å²) in [4.78, 5) is 8.95. The van der Waals surface area contributed by atoms with Crippen LogP contribution in [0.3, 0.4) is 0 Å². The lowest BCUT2D eigenvalue weighted by molar-refractivity contribution is 0.281. The van der Waals surface area contributed by atoms with E-state index in [0.717, 1.165) is 29.0 Å². The fraction of sp³-hybridized carbons (Fsp3) is 0.385. The zero-order chi connectivity index (χ0) is 12.3. The van der Waals surface area contributed by atoms with Crippen LogP contribution in [0.1, 0.15) is 19.7 Å². The van der Waals surface area contributed by atoms with Crippen LogP contribution in [-0.2, 0) is 6.42 Å². The third-order valence-corrected chi connectivity index (χ3v) is 2.62. The first-order valence-corrected chi connectivity index (χ1v) is 5.87. The summed E-state index contributed by atoms with van der Waals surface area (Å²) in [6.45, 7) is 4.03. The van der Waals surface area contributed by atoms with Crippen molar-refractivity contribution in [1.29, 1.82) is 0 Å². The van der Waals surface area contributed by atoms with Gasteiger partial charge in [-0.05, 0) is 19.1 Å². The number of benzene rings is 1. The molecule has 0 bridgehead atoms. The Labute approximate surface area is 101 Å². The minimum Gasteiger partial charge on any atom is -0.394 e. The molecule has 0 saturated carbocycles. The zero-order valence-corrected chi connectivity index (χ0v) is 10.1. The predicted octanol–water partition coefficient (Wildman–Crippen LogP) is 1.98. The molecule has 1 heterocycles. The molecule has 1 aromatic heterocycles. The van der Waals surface area contributed by atoms with Crippen molar-refractivity contribution in [3.63, 3.8) is 0 Å². The molecule has 0 radical (unpaired) electrons. The first-order valence-electron chi connectivity index (χ1n) is 5.87. The number of nitrogens with one attached hydrogen (secondary N) is 1. The summed E-state index contributed by atoms with van der Waals surface area (Å²) in [7, 11) is 0. The topological polar surface area (TPSA) is 58.0 Å². The highest BCUT2D eigenvalue weighted by atomic mass is 16.3. The van der Waals surface area contributed by atoms with Crippen molar-refractivity contribution in [2.45, 2.75) is 26.3 Å². The van der Waals surface area contributed by atoms with Crippen LogP contribution in [0, 0.1) is 0 Å². The maximum absolute atomic E-state index is 9.09. The monoisotopic (exact) mass is 231 g/mol. The van der Waals surface area contributed by atoms with Gasteiger partial charge in [0.15, 0.2) is 0 Å². The second-order valence-corrected chi connectivity index (χ2v) is 4.09. The molecule has 1 atom stereocenters. The first-order chi connectivity index (χ1) is 8.24. The summed E-state index contributed by atoms with van der Waals surface area (Å²) >= 11 is 0. The van der Waals surface area contributed by atoms with E-state index in [-0.39, 0.29) is 12.6 Å². The average Bonchev–Trinajstić information content (AvgIpc) is 2.38. The van der Waals surface area contributed by atoms with Crippen molar-refractivity contribution in [1.82, 2.24) is 9.97 Å². The molecule has 4 heteroatoms. The quantitative estimate of drug-likeness (QED) is 0.844. The van der Waals surface area contributed by atoms with Crippen LogP contribution >= 0.6 is 0 Å². The van der Waals surface area contributed by atoms with Crippen molar-refractivity contribution >= 4 is 16.7 Å². The number of aromatic nitrogens is 2. The fourth-order valence-corrected chi connectivity index (χ4v) is 1.67. The number of hydrogen-bond acceptors (Lipinski definition) is 4. The molecule has 2 aromatic rings. The van der Waals surface area contributed by atoms with E-state index in [1.54, 1.807) is 0 Å². The minimum atomic E-state index is -0.0157. The number of hydrogen-bond donors (Lipinski definition) is 2. The van der Waals surface area contributed by atoms with Gasteiger partial charge in [-0.2, -0.15) is 0 Å². The maximum Gasteiger partial charge on any atom is 0.137 e. The van der Waals surface area contributed by atoms with Gasteiger partial charge in [-0.3, -0.25) is 0 Å². The van der Waals surface area contributed by atoms with Gasteiger partial charge in [-0.15, -0.1) is 0 Å². The number of aliphatic hydroxyl groups is 1. The van der Waals surface area contributed by atoms with Crippen LogP contribution in [0.2, 0.25) is 0 Å². The van der Waals surface area contributed by atoms with Crippen LogP contribution < -0.4 is 5.32 Å². The van der Waals surface area contributed by atoms with Crippen molar-refractivity contribution in [3.8, 4) is 0 Å². The summed E-state index contributed by atoms with van der Waals surface area (Å²) in [5.41, 5.74) is 0.937. The van der Waals surface area contributed by atoms with Gasteiger partial charge in [-0.25, -0.2) is 9.97 Å². The van der Waals surface area contributed by atoms with E-state index in [4.69, 9.17) is 5.11 Å². The molecule has 4 nitrogen and oxygen atoms in total. The number of anilines is 1. The second-order valence-electron chi connectivity index (χ2n) is 4.09. The molecule has 0 fully saturated rings. The molecule has 0 saturated heterocycles. The highest BCUT2D eigenvalue weighted by Gasteiger charge is 2.08. The average molecular weight is 231 g/mol. The van der Waals surface area contributed by atoms with Crippen molar-refractivity contribution < 1.29 is 5.11 Å². The molecule has 1 unspecified atom stereocenters. The number of para-hydroxylation sites is 1. The molecule has 0 spiro atoms. The third kappa shape index (κ3) is 2.53. The van der Waals surface area contributed by atoms with E-state index in [0.29, 0.717) is 0 Å². The number of aryl methyl sites for hydroxylation is 1. The molecule has 0 amide bonds. The van der Waals surface area contributed by atoms with Crippen LogP contribution in [-0.4, -0.2) is 27.7 Å². The SMILES string of the molecule is CCc1nc(NC(C)CO)c2ccccc2n1. The molecule has 0 aliphatic heterocycles. The van der Waals surface area contributed by atoms with Crippen molar-refractivity contribution in [3.05, 3.63) is 30.1 Å². The Morgan fingerprint density at radius 2 is 2.06 bits per heavy atom. The van der Waals surface area contributed by atoms with Gasteiger partial charge in [0.05, 0.1) is 12.1 Å². The van der Waals surface area contributed by atoms with E-state index in [9.17, 15) is 0 Å². The summed E-state index contributed by atoms with van der Waals surface area (Å²) in [5.74, 6) is 1.62. The molecule has 17 heavy (non-hydrogen) atoms. The predicted molar refractivity (Wildman–Crippen MR) is 69.1 cm³/mol. The van der Waals surface area contributed by atoms with E-state index >= 15 is 0 Å². The maximum atomic E-state index is 9.09. The van der Waals surface area contributed by atoms with E-state index in [1.165, 1.54) is 0 Å². The standard InChI is InChI=1S/C13H17N3O/c1-3-12-15-11-7-5-4-6-10(11)13(16-12)14-9(2)8-17/h4-7,9,17H,3,8H2,1-2H3,(H,14,15,16). The van der Waals surface area contributed by atoms with Gasteiger partial charge in [0.25, 0.3) is 0 Å². The van der Waals surface area contributed by atoms with Crippen LogP contribution in [0.15, 0.2) is 24.3 Å². The largest absolute Gasteiger partial charge is 0.394 e. The van der Waals surface area contributed by atoms with Crippen LogP contribution in [0.4, 0.5) is 5.82 Å². The molecular formula is C13H17N3O. The normalized spacial score (nSPS) is 12.6. The number of nitrogens with zero attached hydrogens (tertiary/aromatic N) is 2. The smallest absolute Gasteiger partial charge is 0.137 e. The lowest BCUT2D eigenvalue weighted by atomic mass is 10.2. The molecule has 0 aliphatic rings. The van der Waals surface area contributed by atoms with Gasteiger partial charge >= 0.3 is 0 Å². The molecule has 1 aromatic carbocycles. The Kier molecular flexibility index (Phi) is 3.54. The molecule has 2 rings (SSSR count). The molecule has 0 aliphatic carbocycles. The highest BCUT2D eigenvalue weighted by Crippen LogP contribution is 2.20. The van der Waals surface area contributed by atoms with Gasteiger partial charge < -0.3 is 10.4 Å². The summed E-state index contributed by atoms with van der Waals surface area (Å²) in [6.07, 6.45) is 0.799. The van der Waals surface area contributed by atoms with Crippen molar-refractivity contribution in [2.75, 3.05) is 11.9 Å². The summed E-state index contributed by atoms with van der Waals surface area (Å²) in [5, 5.41) is 13.3. The highest BCUT2D eigenvalue weighted by molar-refractivity contribution is 5.89. The van der Waals surface area contributed by atoms with Crippen LogP contribution in [0.5, 0.6) is 0 Å². The number of rotatable bonds is 4. The minimum absolute atomic E-state index is 0.0157. The van der Waals surface area contributed by atoms with Crippen LogP contribution in [0.25, 0.3) is 10.9 Å². The fourth-order valence-electron chi connectivity index (χ4n) is 1.67. The Morgan fingerprint density at radius 1 is 1.29 bits per heavy atom. The van der Waals surface area contributed by atoms with Gasteiger partial charge in [-0.1, -0.05) is 19.1 Å². The number of fused-ring (bicyclic) bond motifs is 1. The summed E-state index contributed by atoms with van der Waals surface area (Å²) < 4.78 is 0. The lowest BCUT2D eigenvalue weighted by Crippen LogP contribution is -2.20. The molecule has 2 N–H and O–H groups in total. The van der Waals surface area contributed by atoms with Gasteiger partial charge in [0, 0.05) is 17.8 Å². The summed E-state index contributed by atoms with van der Waals surface area (Å²) in [6, 6.07) is 7.88. The Bertz CT molecular complexity index is 513. The molecule has 90 valence electrons. The van der Waals surface area contributed by atoms with E-state index < -0.39 is 0 Å². The van der Waals surface area contributed by atoms with Gasteiger partial charge in [0.1, 0.15) is 11.6 Å². The van der Waals surface area contributed by atoms with E-state index in [2.05, 4.69) is 15.3 Å². The van der Waals surface area contributed by atoms with Gasteiger partial charge in [0.2, 0.25) is 0 Å². The third-order valence-electron chi connectivity index (χ3n) is 2.62. The van der Waals surface area contributed by atoms with Crippen molar-refractivity contribution in [2.24, 2.45) is 0 Å². The Balaban J connectivity index is 2.50. The number of aliphatic hydroxyl groups excluding tert-OH is 1. The lowest BCUT2D eigenvalue weighted by Gasteiger charge is -2.14. The zero-order valence-electron chi connectivity index (χ0n) is 10.1. The Morgan fingerprint density at radius 3 is 2.76 bits per heavy atom. The second kappa shape index (κ2) is 5.10. The first kappa shape index (κ1) is 11.8. The molecular weight excluding hydrogens is 214 g/mol. The Hall–Kier alpha value is -1.68.